The molecule has 0 saturated heterocycles. The van der Waals surface area contributed by atoms with Gasteiger partial charge in [-0.15, -0.1) is 0 Å². The Labute approximate surface area is 108 Å². The van der Waals surface area contributed by atoms with Gasteiger partial charge in [0.15, 0.2) is 0 Å². The maximum Gasteiger partial charge on any atom is 0.0151 e. The summed E-state index contributed by atoms with van der Waals surface area (Å²) in [4.78, 5) is 0. The Kier molecular flexibility index (Phi) is 3.44. The van der Waals surface area contributed by atoms with Crippen LogP contribution in [0.3, 0.4) is 0 Å². The number of nitrogens with one attached hydrogen (secondary N) is 1. The van der Waals surface area contributed by atoms with Crippen molar-refractivity contribution in [3.63, 3.8) is 0 Å². The first kappa shape index (κ1) is 11.6. The molecule has 0 radical (unpaired) electrons. The summed E-state index contributed by atoms with van der Waals surface area (Å²) in [5.41, 5.74) is 3.12. The van der Waals surface area contributed by atoms with Crippen LogP contribution >= 0.6 is 11.8 Å². The van der Waals surface area contributed by atoms with E-state index in [-0.39, 0.29) is 0 Å². The molecule has 1 saturated carbocycles. The zero-order valence-corrected chi connectivity index (χ0v) is 11.3. The minimum absolute atomic E-state index is 0.693. The van der Waals surface area contributed by atoms with Crippen LogP contribution in [0, 0.1) is 0 Å². The number of hydrogen-bond acceptors (Lipinski definition) is 2. The van der Waals surface area contributed by atoms with Crippen LogP contribution in [0.2, 0.25) is 0 Å². The smallest absolute Gasteiger partial charge is 0.0151 e. The topological polar surface area (TPSA) is 12.0 Å². The summed E-state index contributed by atoms with van der Waals surface area (Å²) in [6.45, 7) is 0. The average molecular weight is 247 g/mol. The SMILES string of the molecule is CSC1CCC(NC2Cc3ccccc3C2)C1. The zero-order valence-electron chi connectivity index (χ0n) is 10.5. The van der Waals surface area contributed by atoms with Crippen LogP contribution in [0.5, 0.6) is 0 Å². The maximum atomic E-state index is 3.88. The first-order chi connectivity index (χ1) is 8.35. The number of benzene rings is 1. The van der Waals surface area contributed by atoms with E-state index in [9.17, 15) is 0 Å². The molecule has 2 aliphatic rings. The van der Waals surface area contributed by atoms with E-state index >= 15 is 0 Å². The molecule has 2 heteroatoms. The lowest BCUT2D eigenvalue weighted by Crippen LogP contribution is -2.37. The maximum absolute atomic E-state index is 3.88. The molecule has 0 bridgehead atoms. The van der Waals surface area contributed by atoms with Gasteiger partial charge in [-0.1, -0.05) is 24.3 Å². The fourth-order valence-corrected chi connectivity index (χ4v) is 4.11. The van der Waals surface area contributed by atoms with Crippen LogP contribution in [-0.2, 0) is 12.8 Å². The summed E-state index contributed by atoms with van der Waals surface area (Å²) < 4.78 is 0. The van der Waals surface area contributed by atoms with Crippen molar-refractivity contribution < 1.29 is 0 Å². The van der Waals surface area contributed by atoms with Gasteiger partial charge < -0.3 is 5.32 Å². The molecule has 1 fully saturated rings. The Morgan fingerprint density at radius 2 is 1.76 bits per heavy atom. The minimum Gasteiger partial charge on any atom is -0.311 e. The molecule has 1 aromatic carbocycles. The van der Waals surface area contributed by atoms with Crippen molar-refractivity contribution in [2.75, 3.05) is 6.26 Å². The average Bonchev–Trinajstić information content (AvgIpc) is 2.94. The molecule has 3 rings (SSSR count). The van der Waals surface area contributed by atoms with Gasteiger partial charge in [0.1, 0.15) is 0 Å². The van der Waals surface area contributed by atoms with Gasteiger partial charge in [0.25, 0.3) is 0 Å². The van der Waals surface area contributed by atoms with E-state index < -0.39 is 0 Å². The van der Waals surface area contributed by atoms with Crippen LogP contribution in [-0.4, -0.2) is 23.6 Å². The van der Waals surface area contributed by atoms with E-state index in [1.54, 1.807) is 11.1 Å². The van der Waals surface area contributed by atoms with Crippen LogP contribution in [0.1, 0.15) is 30.4 Å². The molecule has 1 N–H and O–H groups in total. The van der Waals surface area contributed by atoms with E-state index in [2.05, 4.69) is 35.8 Å². The monoisotopic (exact) mass is 247 g/mol. The van der Waals surface area contributed by atoms with Gasteiger partial charge >= 0.3 is 0 Å². The molecular weight excluding hydrogens is 226 g/mol. The third-order valence-corrected chi connectivity index (χ3v) is 5.34. The third kappa shape index (κ3) is 2.53. The molecule has 17 heavy (non-hydrogen) atoms. The fourth-order valence-electron chi connectivity index (χ4n) is 3.32. The second-order valence-corrected chi connectivity index (χ2v) is 6.55. The molecule has 1 nitrogen and oxygen atoms in total. The Bertz CT molecular complexity index is 365. The zero-order chi connectivity index (χ0) is 11.7. The van der Waals surface area contributed by atoms with Gasteiger partial charge in [-0.25, -0.2) is 0 Å². The van der Waals surface area contributed by atoms with E-state index in [0.29, 0.717) is 6.04 Å². The lowest BCUT2D eigenvalue weighted by atomic mass is 10.1. The van der Waals surface area contributed by atoms with Crippen LogP contribution in [0.4, 0.5) is 0 Å². The van der Waals surface area contributed by atoms with Crippen molar-refractivity contribution in [2.45, 2.75) is 49.4 Å². The molecule has 2 atom stereocenters. The number of thioether (sulfide) groups is 1. The highest BCUT2D eigenvalue weighted by atomic mass is 32.2. The van der Waals surface area contributed by atoms with Gasteiger partial charge in [-0.05, 0) is 49.5 Å². The third-order valence-electron chi connectivity index (χ3n) is 4.24. The predicted octanol–water partition coefficient (Wildman–Crippen LogP) is 3.03. The number of hydrogen-bond donors (Lipinski definition) is 1. The summed E-state index contributed by atoms with van der Waals surface area (Å²) >= 11 is 2.04. The second kappa shape index (κ2) is 5.03. The molecule has 92 valence electrons. The highest BCUT2D eigenvalue weighted by molar-refractivity contribution is 7.99. The summed E-state index contributed by atoms with van der Waals surface area (Å²) in [5, 5.41) is 4.78. The first-order valence-electron chi connectivity index (χ1n) is 6.71. The van der Waals surface area contributed by atoms with E-state index in [1.165, 1.54) is 32.1 Å². The summed E-state index contributed by atoms with van der Waals surface area (Å²) in [5.74, 6) is 0. The largest absolute Gasteiger partial charge is 0.311 e. The molecule has 0 heterocycles. The molecule has 0 amide bonds. The Balaban J connectivity index is 1.56. The highest BCUT2D eigenvalue weighted by Crippen LogP contribution is 2.30. The number of fused-ring (bicyclic) bond motifs is 1. The van der Waals surface area contributed by atoms with Crippen LogP contribution < -0.4 is 5.32 Å². The van der Waals surface area contributed by atoms with Gasteiger partial charge in [0.2, 0.25) is 0 Å². The lowest BCUT2D eigenvalue weighted by Gasteiger charge is -2.18. The van der Waals surface area contributed by atoms with Gasteiger partial charge in [-0.2, -0.15) is 11.8 Å². The van der Waals surface area contributed by atoms with E-state index in [4.69, 9.17) is 0 Å². The lowest BCUT2D eigenvalue weighted by molar-refractivity contribution is 0.441. The molecule has 2 unspecified atom stereocenters. The van der Waals surface area contributed by atoms with Crippen molar-refractivity contribution in [1.29, 1.82) is 0 Å². The quantitative estimate of drug-likeness (QED) is 0.881. The molecule has 0 aliphatic heterocycles. The van der Waals surface area contributed by atoms with Crippen molar-refractivity contribution in [3.8, 4) is 0 Å². The molecule has 0 spiro atoms. The van der Waals surface area contributed by atoms with Gasteiger partial charge in [-0.3, -0.25) is 0 Å². The van der Waals surface area contributed by atoms with E-state index in [0.717, 1.165) is 11.3 Å². The normalized spacial score (nSPS) is 28.5. The van der Waals surface area contributed by atoms with Crippen LogP contribution in [0.15, 0.2) is 24.3 Å². The minimum atomic E-state index is 0.693. The standard InChI is InChI=1S/C15H21NS/c1-17-15-7-6-13(10-15)16-14-8-11-4-2-3-5-12(11)9-14/h2-5,13-16H,6-10H2,1H3. The number of rotatable bonds is 3. The predicted molar refractivity (Wildman–Crippen MR) is 75.7 cm³/mol. The van der Waals surface area contributed by atoms with Crippen LogP contribution in [0.25, 0.3) is 0 Å². The second-order valence-electron chi connectivity index (χ2n) is 5.41. The Hall–Kier alpha value is -0.470. The van der Waals surface area contributed by atoms with Crippen molar-refractivity contribution in [1.82, 2.24) is 5.32 Å². The first-order valence-corrected chi connectivity index (χ1v) is 7.99. The summed E-state index contributed by atoms with van der Waals surface area (Å²) in [6, 6.07) is 10.4. The highest BCUT2D eigenvalue weighted by Gasteiger charge is 2.28. The van der Waals surface area contributed by atoms with Gasteiger partial charge in [0.05, 0.1) is 0 Å². The Morgan fingerprint density at radius 1 is 1.06 bits per heavy atom. The molecule has 2 aliphatic carbocycles. The molecule has 1 aromatic rings. The molecule has 0 aromatic heterocycles. The molecular formula is C15H21NS. The van der Waals surface area contributed by atoms with Crippen molar-refractivity contribution >= 4 is 11.8 Å². The fraction of sp³-hybridized carbons (Fsp3) is 0.600. The van der Waals surface area contributed by atoms with Crippen molar-refractivity contribution in [3.05, 3.63) is 35.4 Å². The summed E-state index contributed by atoms with van der Waals surface area (Å²) in [6.07, 6.45) is 8.86. The Morgan fingerprint density at radius 3 is 2.35 bits per heavy atom. The van der Waals surface area contributed by atoms with Gasteiger partial charge in [0, 0.05) is 17.3 Å². The van der Waals surface area contributed by atoms with E-state index in [1.807, 2.05) is 11.8 Å². The van der Waals surface area contributed by atoms with Crippen molar-refractivity contribution in [2.24, 2.45) is 0 Å². The summed E-state index contributed by atoms with van der Waals surface area (Å²) in [7, 11) is 0.